The average molecular weight is 196 g/mol. The van der Waals surface area contributed by atoms with Crippen LogP contribution in [0.15, 0.2) is 0 Å². The van der Waals surface area contributed by atoms with E-state index in [-0.39, 0.29) is 0 Å². The van der Waals surface area contributed by atoms with Crippen LogP contribution < -0.4 is 0 Å². The first-order valence-electron chi connectivity index (χ1n) is 6.86. The van der Waals surface area contributed by atoms with Gasteiger partial charge in [0.05, 0.1) is 0 Å². The Kier molecular flexibility index (Phi) is 6.31. The molecule has 0 heteroatoms. The normalized spacial score (nSPS) is 28.7. The highest BCUT2D eigenvalue weighted by Gasteiger charge is 2.30. The van der Waals surface area contributed by atoms with Gasteiger partial charge in [-0.25, -0.2) is 0 Å². The molecule has 0 saturated heterocycles. The van der Waals surface area contributed by atoms with Crippen molar-refractivity contribution in [3.63, 3.8) is 0 Å². The van der Waals surface area contributed by atoms with Crippen molar-refractivity contribution in [1.82, 2.24) is 0 Å². The van der Waals surface area contributed by atoms with Crippen molar-refractivity contribution in [1.29, 1.82) is 0 Å². The SMILES string of the molecule is C1CC2CCC1C2.CCCCCCC. The largest absolute Gasteiger partial charge is 0.0654 e. The Morgan fingerprint density at radius 2 is 1.14 bits per heavy atom. The zero-order valence-corrected chi connectivity index (χ0v) is 10.2. The van der Waals surface area contributed by atoms with Crippen LogP contribution in [-0.4, -0.2) is 0 Å². The van der Waals surface area contributed by atoms with Crippen LogP contribution in [0.2, 0.25) is 0 Å². The minimum atomic E-state index is 1.17. The second-order valence-electron chi connectivity index (χ2n) is 5.18. The van der Waals surface area contributed by atoms with Crippen LogP contribution in [0.3, 0.4) is 0 Å². The third-order valence-electron chi connectivity index (χ3n) is 3.84. The fraction of sp³-hybridized carbons (Fsp3) is 1.00. The van der Waals surface area contributed by atoms with Crippen molar-refractivity contribution in [3.8, 4) is 0 Å². The van der Waals surface area contributed by atoms with E-state index in [1.807, 2.05) is 0 Å². The van der Waals surface area contributed by atoms with Gasteiger partial charge in [-0.15, -0.1) is 0 Å². The molecule has 0 radical (unpaired) electrons. The lowest BCUT2D eigenvalue weighted by atomic mass is 10.0. The van der Waals surface area contributed by atoms with Crippen molar-refractivity contribution in [3.05, 3.63) is 0 Å². The Bertz CT molecular complexity index is 106. The maximum atomic E-state index is 2.25. The Morgan fingerprint density at radius 3 is 1.36 bits per heavy atom. The maximum absolute atomic E-state index is 2.25. The quantitative estimate of drug-likeness (QED) is 0.544. The molecule has 2 rings (SSSR count). The summed E-state index contributed by atoms with van der Waals surface area (Å²) in [5.74, 6) is 2.34. The van der Waals surface area contributed by atoms with Gasteiger partial charge >= 0.3 is 0 Å². The first-order valence-corrected chi connectivity index (χ1v) is 6.86. The molecule has 0 aliphatic heterocycles. The van der Waals surface area contributed by atoms with Crippen LogP contribution in [0.25, 0.3) is 0 Å². The molecule has 0 heterocycles. The molecule has 0 amide bonds. The van der Waals surface area contributed by atoms with Gasteiger partial charge in [0.1, 0.15) is 0 Å². The highest BCUT2D eigenvalue weighted by molar-refractivity contribution is 4.82. The summed E-state index contributed by atoms with van der Waals surface area (Å²) in [4.78, 5) is 0. The number of unbranched alkanes of at least 4 members (excludes halogenated alkanes) is 4. The Labute approximate surface area is 90.5 Å². The van der Waals surface area contributed by atoms with Gasteiger partial charge in [-0.05, 0) is 18.3 Å². The van der Waals surface area contributed by atoms with Gasteiger partial charge in [0, 0.05) is 0 Å². The predicted octanol–water partition coefficient (Wildman–Crippen LogP) is 5.17. The van der Waals surface area contributed by atoms with E-state index < -0.39 is 0 Å². The minimum Gasteiger partial charge on any atom is -0.0654 e. The number of hydrogen-bond acceptors (Lipinski definition) is 0. The van der Waals surface area contributed by atoms with Crippen LogP contribution in [0.4, 0.5) is 0 Å². The minimum absolute atomic E-state index is 1.17. The van der Waals surface area contributed by atoms with E-state index in [4.69, 9.17) is 0 Å². The topological polar surface area (TPSA) is 0 Å². The second kappa shape index (κ2) is 7.31. The van der Waals surface area contributed by atoms with Crippen molar-refractivity contribution >= 4 is 0 Å². The van der Waals surface area contributed by atoms with Gasteiger partial charge in [-0.2, -0.15) is 0 Å². The maximum Gasteiger partial charge on any atom is -0.0411 e. The van der Waals surface area contributed by atoms with Crippen LogP contribution >= 0.6 is 0 Å². The molecule has 84 valence electrons. The highest BCUT2D eigenvalue weighted by Crippen LogP contribution is 2.43. The molecule has 0 spiro atoms. The zero-order chi connectivity index (χ0) is 10.2. The molecule has 0 aromatic rings. The predicted molar refractivity (Wildman–Crippen MR) is 64.5 cm³/mol. The van der Waals surface area contributed by atoms with E-state index in [2.05, 4.69) is 13.8 Å². The van der Waals surface area contributed by atoms with E-state index in [9.17, 15) is 0 Å². The van der Waals surface area contributed by atoms with Crippen molar-refractivity contribution < 1.29 is 0 Å². The third-order valence-corrected chi connectivity index (χ3v) is 3.84. The fourth-order valence-corrected chi connectivity index (χ4v) is 2.85. The monoisotopic (exact) mass is 196 g/mol. The van der Waals surface area contributed by atoms with Gasteiger partial charge in [-0.1, -0.05) is 71.6 Å². The van der Waals surface area contributed by atoms with Crippen LogP contribution in [-0.2, 0) is 0 Å². The molecule has 2 fully saturated rings. The van der Waals surface area contributed by atoms with E-state index in [1.165, 1.54) is 43.9 Å². The molecule has 0 aromatic carbocycles. The van der Waals surface area contributed by atoms with Crippen LogP contribution in [0.1, 0.15) is 78.1 Å². The lowest BCUT2D eigenvalue weighted by Crippen LogP contribution is -1.90. The summed E-state index contributed by atoms with van der Waals surface area (Å²) in [7, 11) is 0. The fourth-order valence-electron chi connectivity index (χ4n) is 2.85. The molecule has 0 aromatic heterocycles. The smallest absolute Gasteiger partial charge is 0.0411 e. The molecule has 0 unspecified atom stereocenters. The van der Waals surface area contributed by atoms with Gasteiger partial charge in [0.15, 0.2) is 0 Å². The van der Waals surface area contributed by atoms with E-state index >= 15 is 0 Å². The van der Waals surface area contributed by atoms with Crippen LogP contribution in [0.5, 0.6) is 0 Å². The third kappa shape index (κ3) is 4.48. The highest BCUT2D eigenvalue weighted by atomic mass is 14.4. The summed E-state index contributed by atoms with van der Waals surface area (Å²) in [6.45, 7) is 4.49. The van der Waals surface area contributed by atoms with Gasteiger partial charge < -0.3 is 0 Å². The van der Waals surface area contributed by atoms with Gasteiger partial charge in [-0.3, -0.25) is 0 Å². The Balaban J connectivity index is 0.000000140. The first-order chi connectivity index (χ1) is 6.86. The number of fused-ring (bicyclic) bond motifs is 2. The molecular formula is C14H28. The van der Waals surface area contributed by atoms with Gasteiger partial charge in [0.25, 0.3) is 0 Å². The summed E-state index contributed by atoms with van der Waals surface area (Å²) in [6.07, 6.45) is 14.8. The Morgan fingerprint density at radius 1 is 0.714 bits per heavy atom. The second-order valence-corrected chi connectivity index (χ2v) is 5.18. The lowest BCUT2D eigenvalue weighted by Gasteiger charge is -2.05. The molecule has 0 N–H and O–H groups in total. The number of rotatable bonds is 4. The Hall–Kier alpha value is 0. The summed E-state index contributed by atoms with van der Waals surface area (Å²) in [5, 5.41) is 0. The zero-order valence-electron chi connectivity index (χ0n) is 10.2. The summed E-state index contributed by atoms with van der Waals surface area (Å²) in [5.41, 5.74) is 0. The van der Waals surface area contributed by atoms with E-state index in [1.54, 1.807) is 32.1 Å². The molecule has 2 bridgehead atoms. The molecular weight excluding hydrogens is 168 g/mol. The summed E-state index contributed by atoms with van der Waals surface area (Å²) in [6, 6.07) is 0. The molecule has 0 atom stereocenters. The van der Waals surface area contributed by atoms with E-state index in [0.29, 0.717) is 0 Å². The van der Waals surface area contributed by atoms with E-state index in [0.717, 1.165) is 0 Å². The van der Waals surface area contributed by atoms with Crippen molar-refractivity contribution in [2.75, 3.05) is 0 Å². The molecule has 0 nitrogen and oxygen atoms in total. The average Bonchev–Trinajstić information content (AvgIpc) is 2.83. The van der Waals surface area contributed by atoms with Crippen molar-refractivity contribution in [2.24, 2.45) is 11.8 Å². The van der Waals surface area contributed by atoms with Gasteiger partial charge in [0.2, 0.25) is 0 Å². The molecule has 2 aliphatic carbocycles. The molecule has 14 heavy (non-hydrogen) atoms. The summed E-state index contributed by atoms with van der Waals surface area (Å²) >= 11 is 0. The lowest BCUT2D eigenvalue weighted by molar-refractivity contribution is 0.480. The summed E-state index contributed by atoms with van der Waals surface area (Å²) < 4.78 is 0. The van der Waals surface area contributed by atoms with Crippen LogP contribution in [0, 0.1) is 11.8 Å². The first kappa shape index (κ1) is 12.1. The standard InChI is InChI=1S/C7H12.C7H16/c1-2-7-4-3-6(1)5-7;1-3-5-7-6-4-2/h6-7H,1-5H2;3-7H2,1-2H3. The van der Waals surface area contributed by atoms with Crippen molar-refractivity contribution in [2.45, 2.75) is 78.1 Å². The molecule has 2 saturated carbocycles. The molecule has 2 aliphatic rings. The number of hydrogen-bond donors (Lipinski definition) is 0.